The molecule has 0 saturated carbocycles. The molecule has 0 bridgehead atoms. The van der Waals surface area contributed by atoms with Crippen LogP contribution in [-0.2, 0) is 11.3 Å². The van der Waals surface area contributed by atoms with Gasteiger partial charge in [-0.3, -0.25) is 9.59 Å². The Morgan fingerprint density at radius 2 is 2.27 bits per heavy atom. The highest BCUT2D eigenvalue weighted by Crippen LogP contribution is 2.28. The van der Waals surface area contributed by atoms with Crippen molar-refractivity contribution in [2.24, 2.45) is 0 Å². The van der Waals surface area contributed by atoms with Gasteiger partial charge < -0.3 is 10.0 Å². The zero-order chi connectivity index (χ0) is 11.0. The van der Waals surface area contributed by atoms with Crippen LogP contribution in [0.15, 0.2) is 22.7 Å². The van der Waals surface area contributed by atoms with Gasteiger partial charge in [-0.05, 0) is 27.6 Å². The van der Waals surface area contributed by atoms with Crippen LogP contribution in [-0.4, -0.2) is 28.4 Å². The molecule has 4 nitrogen and oxygen atoms in total. The van der Waals surface area contributed by atoms with Gasteiger partial charge in [0.15, 0.2) is 0 Å². The van der Waals surface area contributed by atoms with Gasteiger partial charge in [0.2, 0.25) is 0 Å². The molecule has 1 amide bonds. The first kappa shape index (κ1) is 10.2. The first-order chi connectivity index (χ1) is 7.09. The van der Waals surface area contributed by atoms with Crippen LogP contribution in [0.2, 0.25) is 0 Å². The van der Waals surface area contributed by atoms with E-state index in [1.165, 1.54) is 4.90 Å². The van der Waals surface area contributed by atoms with Crippen LogP contribution in [0.5, 0.6) is 0 Å². The standard InChI is InChI=1S/C10H8BrNO3/c11-7-3-1-2-6-4-12(5-8(13)14)10(15)9(6)7/h1-3H,4-5H2,(H,13,14). The summed E-state index contributed by atoms with van der Waals surface area (Å²) in [4.78, 5) is 23.6. The first-order valence-corrected chi connectivity index (χ1v) is 5.17. The molecule has 0 radical (unpaired) electrons. The Balaban J connectivity index is 2.34. The first-order valence-electron chi connectivity index (χ1n) is 4.38. The lowest BCUT2D eigenvalue weighted by atomic mass is 10.1. The highest BCUT2D eigenvalue weighted by molar-refractivity contribution is 9.10. The topological polar surface area (TPSA) is 57.6 Å². The number of aliphatic carboxylic acids is 1. The van der Waals surface area contributed by atoms with E-state index in [0.717, 1.165) is 10.0 Å². The van der Waals surface area contributed by atoms with E-state index < -0.39 is 5.97 Å². The number of carbonyl (C=O) groups excluding carboxylic acids is 1. The maximum Gasteiger partial charge on any atom is 0.323 e. The van der Waals surface area contributed by atoms with Crippen molar-refractivity contribution in [3.05, 3.63) is 33.8 Å². The average Bonchev–Trinajstić information content (AvgIpc) is 2.44. The van der Waals surface area contributed by atoms with Crippen molar-refractivity contribution in [3.8, 4) is 0 Å². The van der Waals surface area contributed by atoms with Crippen molar-refractivity contribution in [2.75, 3.05) is 6.54 Å². The summed E-state index contributed by atoms with van der Waals surface area (Å²) >= 11 is 3.29. The number of amides is 1. The van der Waals surface area contributed by atoms with E-state index in [9.17, 15) is 9.59 Å². The predicted molar refractivity (Wildman–Crippen MR) is 56.5 cm³/mol. The van der Waals surface area contributed by atoms with Gasteiger partial charge >= 0.3 is 5.97 Å². The number of rotatable bonds is 2. The monoisotopic (exact) mass is 269 g/mol. The Hall–Kier alpha value is -1.36. The van der Waals surface area contributed by atoms with E-state index in [1.54, 1.807) is 6.07 Å². The summed E-state index contributed by atoms with van der Waals surface area (Å²) in [7, 11) is 0. The second kappa shape index (κ2) is 3.66. The third kappa shape index (κ3) is 1.74. The van der Waals surface area contributed by atoms with E-state index >= 15 is 0 Å². The summed E-state index contributed by atoms with van der Waals surface area (Å²) in [5, 5.41) is 8.63. The molecule has 0 fully saturated rings. The predicted octanol–water partition coefficient (Wildman–Crippen LogP) is 1.49. The molecule has 1 heterocycles. The van der Waals surface area contributed by atoms with Crippen molar-refractivity contribution >= 4 is 27.8 Å². The summed E-state index contributed by atoms with van der Waals surface area (Å²) in [5.41, 5.74) is 1.45. The molecule has 0 saturated heterocycles. The molecule has 0 unspecified atom stereocenters. The number of halogens is 1. The number of benzene rings is 1. The van der Waals surface area contributed by atoms with Gasteiger partial charge in [0, 0.05) is 11.0 Å². The average molecular weight is 270 g/mol. The summed E-state index contributed by atoms with van der Waals surface area (Å²) in [6.45, 7) is 0.125. The van der Waals surface area contributed by atoms with Crippen molar-refractivity contribution in [2.45, 2.75) is 6.54 Å². The van der Waals surface area contributed by atoms with Gasteiger partial charge in [-0.25, -0.2) is 0 Å². The summed E-state index contributed by atoms with van der Waals surface area (Å²) in [5.74, 6) is -1.22. The molecular formula is C10H8BrNO3. The Kier molecular flexibility index (Phi) is 2.48. The van der Waals surface area contributed by atoms with E-state index in [2.05, 4.69) is 15.9 Å². The molecule has 5 heteroatoms. The Morgan fingerprint density at radius 3 is 2.87 bits per heavy atom. The molecule has 1 aliphatic rings. The number of fused-ring (bicyclic) bond motifs is 1. The number of nitrogens with zero attached hydrogens (tertiary/aromatic N) is 1. The van der Waals surface area contributed by atoms with Crippen LogP contribution in [0.3, 0.4) is 0 Å². The largest absolute Gasteiger partial charge is 0.480 e. The van der Waals surface area contributed by atoms with Gasteiger partial charge in [0.05, 0.1) is 5.56 Å². The maximum atomic E-state index is 11.8. The molecule has 0 aliphatic carbocycles. The Bertz CT molecular complexity index is 444. The zero-order valence-corrected chi connectivity index (χ0v) is 9.32. The van der Waals surface area contributed by atoms with Crippen LogP contribution in [0.1, 0.15) is 15.9 Å². The summed E-state index contributed by atoms with van der Waals surface area (Å²) in [6, 6.07) is 5.45. The van der Waals surface area contributed by atoms with Gasteiger partial charge in [-0.2, -0.15) is 0 Å². The molecule has 0 atom stereocenters. The van der Waals surface area contributed by atoms with Gasteiger partial charge in [-0.15, -0.1) is 0 Å². The highest BCUT2D eigenvalue weighted by atomic mass is 79.9. The molecule has 1 aromatic rings. The summed E-state index contributed by atoms with van der Waals surface area (Å²) in [6.07, 6.45) is 0. The quantitative estimate of drug-likeness (QED) is 0.885. The summed E-state index contributed by atoms with van der Waals surface area (Å²) < 4.78 is 0.720. The van der Waals surface area contributed by atoms with E-state index in [4.69, 9.17) is 5.11 Å². The number of carboxylic acids is 1. The minimum atomic E-state index is -0.993. The van der Waals surface area contributed by atoms with Crippen molar-refractivity contribution in [1.29, 1.82) is 0 Å². The van der Waals surface area contributed by atoms with Crippen molar-refractivity contribution in [3.63, 3.8) is 0 Å². The molecular weight excluding hydrogens is 262 g/mol. The van der Waals surface area contributed by atoms with Crippen LogP contribution in [0.4, 0.5) is 0 Å². The third-order valence-corrected chi connectivity index (χ3v) is 2.95. The zero-order valence-electron chi connectivity index (χ0n) is 7.74. The normalized spacial score (nSPS) is 14.2. The second-order valence-corrected chi connectivity index (χ2v) is 4.18. The van der Waals surface area contributed by atoms with E-state index in [0.29, 0.717) is 12.1 Å². The van der Waals surface area contributed by atoms with Crippen molar-refractivity contribution < 1.29 is 14.7 Å². The lowest BCUT2D eigenvalue weighted by molar-refractivity contribution is -0.137. The van der Waals surface area contributed by atoms with Gasteiger partial charge in [0.25, 0.3) is 5.91 Å². The fourth-order valence-corrected chi connectivity index (χ4v) is 2.24. The van der Waals surface area contributed by atoms with Gasteiger partial charge in [-0.1, -0.05) is 12.1 Å². The number of hydrogen-bond donors (Lipinski definition) is 1. The lowest BCUT2D eigenvalue weighted by Gasteiger charge is -2.11. The minimum absolute atomic E-state index is 0.222. The van der Waals surface area contributed by atoms with Crippen LogP contribution >= 0.6 is 15.9 Å². The molecule has 78 valence electrons. The molecule has 1 N–H and O–H groups in total. The molecule has 0 spiro atoms. The second-order valence-electron chi connectivity index (χ2n) is 3.33. The molecule has 1 aliphatic heterocycles. The Morgan fingerprint density at radius 1 is 1.53 bits per heavy atom. The Labute approximate surface area is 94.6 Å². The van der Waals surface area contributed by atoms with Crippen LogP contribution in [0.25, 0.3) is 0 Å². The molecule has 0 aromatic heterocycles. The fraction of sp³-hybridized carbons (Fsp3) is 0.200. The SMILES string of the molecule is O=C(O)CN1Cc2cccc(Br)c2C1=O. The third-order valence-electron chi connectivity index (χ3n) is 2.29. The van der Waals surface area contributed by atoms with Crippen molar-refractivity contribution in [1.82, 2.24) is 4.90 Å². The van der Waals surface area contributed by atoms with E-state index in [1.807, 2.05) is 12.1 Å². The van der Waals surface area contributed by atoms with E-state index in [-0.39, 0.29) is 12.5 Å². The fourth-order valence-electron chi connectivity index (χ4n) is 1.67. The highest BCUT2D eigenvalue weighted by Gasteiger charge is 2.30. The molecule has 15 heavy (non-hydrogen) atoms. The number of carbonyl (C=O) groups is 2. The minimum Gasteiger partial charge on any atom is -0.480 e. The van der Waals surface area contributed by atoms with Crippen LogP contribution < -0.4 is 0 Å². The number of carboxylic acid groups (broad SMARTS) is 1. The number of hydrogen-bond acceptors (Lipinski definition) is 2. The van der Waals surface area contributed by atoms with Crippen LogP contribution in [0, 0.1) is 0 Å². The molecule has 1 aromatic carbocycles. The lowest BCUT2D eigenvalue weighted by Crippen LogP contribution is -2.29. The van der Waals surface area contributed by atoms with Gasteiger partial charge in [0.1, 0.15) is 6.54 Å². The smallest absolute Gasteiger partial charge is 0.323 e. The molecule has 2 rings (SSSR count). The maximum absolute atomic E-state index is 11.8.